The predicted molar refractivity (Wildman–Crippen MR) is 101 cm³/mol. The van der Waals surface area contributed by atoms with Crippen LogP contribution in [-0.2, 0) is 16.4 Å². The molecule has 0 fully saturated rings. The topological polar surface area (TPSA) is 87.2 Å². The van der Waals surface area contributed by atoms with E-state index in [0.29, 0.717) is 18.7 Å². The van der Waals surface area contributed by atoms with Crippen molar-refractivity contribution < 1.29 is 8.42 Å². The summed E-state index contributed by atoms with van der Waals surface area (Å²) in [6, 6.07) is 16.5. The monoisotopic (exact) mass is 359 g/mol. The van der Waals surface area contributed by atoms with E-state index in [4.69, 9.17) is 11.1 Å². The van der Waals surface area contributed by atoms with Crippen LogP contribution in [0.25, 0.3) is 0 Å². The molecule has 0 aliphatic heterocycles. The molecule has 0 aromatic heterocycles. The van der Waals surface area contributed by atoms with Gasteiger partial charge in [0, 0.05) is 24.7 Å². The maximum Gasteiger partial charge on any atom is 0.179 e. The summed E-state index contributed by atoms with van der Waals surface area (Å²) >= 11 is 0. The van der Waals surface area contributed by atoms with Crippen LogP contribution >= 0.6 is 0 Å². The third-order valence-corrected chi connectivity index (χ3v) is 5.80. The second-order valence-electron chi connectivity index (χ2n) is 6.31. The van der Waals surface area contributed by atoms with Crippen molar-refractivity contribution in [2.24, 2.45) is 5.73 Å². The Morgan fingerprint density at radius 3 is 2.40 bits per heavy atom. The van der Waals surface area contributed by atoms with E-state index in [0.717, 1.165) is 5.56 Å². The number of nitrogens with two attached hydrogens (primary N) is 1. The van der Waals surface area contributed by atoms with Gasteiger partial charge < -0.3 is 5.73 Å². The first-order valence-corrected chi connectivity index (χ1v) is 9.90. The van der Waals surface area contributed by atoms with Gasteiger partial charge in [-0.25, -0.2) is 8.42 Å². The molecule has 0 unspecified atom stereocenters. The van der Waals surface area contributed by atoms with Gasteiger partial charge in [0.2, 0.25) is 0 Å². The first kappa shape index (κ1) is 19.1. The SMILES string of the molecule is CC(C)N(CCS(=O)(=O)c1cccc(C(=N)N)c1)Cc1ccccc1. The Hall–Kier alpha value is -2.18. The van der Waals surface area contributed by atoms with E-state index < -0.39 is 9.84 Å². The summed E-state index contributed by atoms with van der Waals surface area (Å²) in [5, 5.41) is 7.46. The van der Waals surface area contributed by atoms with Crippen LogP contribution in [0.3, 0.4) is 0 Å². The van der Waals surface area contributed by atoms with Crippen molar-refractivity contribution in [2.75, 3.05) is 12.3 Å². The largest absolute Gasteiger partial charge is 0.384 e. The Labute approximate surface area is 149 Å². The number of hydrogen-bond donors (Lipinski definition) is 2. The van der Waals surface area contributed by atoms with Crippen molar-refractivity contribution >= 4 is 15.7 Å². The molecule has 0 spiro atoms. The number of rotatable bonds is 8. The average molecular weight is 359 g/mol. The maximum absolute atomic E-state index is 12.6. The normalized spacial score (nSPS) is 11.8. The number of nitrogen functional groups attached to an aromatic ring is 1. The molecule has 0 heterocycles. The molecule has 0 saturated carbocycles. The standard InChI is InChI=1S/C19H25N3O2S/c1-15(2)22(14-16-7-4-3-5-8-16)11-12-25(23,24)18-10-6-9-17(13-18)19(20)21/h3-10,13,15H,11-12,14H2,1-2H3,(H3,20,21). The van der Waals surface area contributed by atoms with E-state index in [2.05, 4.69) is 18.7 Å². The van der Waals surface area contributed by atoms with Gasteiger partial charge in [-0.3, -0.25) is 10.3 Å². The third-order valence-electron chi connectivity index (χ3n) is 4.11. The maximum atomic E-state index is 12.6. The van der Waals surface area contributed by atoms with Crippen LogP contribution in [0.1, 0.15) is 25.0 Å². The van der Waals surface area contributed by atoms with Crippen molar-refractivity contribution in [3.8, 4) is 0 Å². The Morgan fingerprint density at radius 1 is 1.12 bits per heavy atom. The second-order valence-corrected chi connectivity index (χ2v) is 8.42. The van der Waals surface area contributed by atoms with Crippen LogP contribution in [0.5, 0.6) is 0 Å². The average Bonchev–Trinajstić information content (AvgIpc) is 2.59. The molecule has 25 heavy (non-hydrogen) atoms. The molecule has 5 nitrogen and oxygen atoms in total. The summed E-state index contributed by atoms with van der Waals surface area (Å²) < 4.78 is 25.3. The molecule has 0 aliphatic rings. The summed E-state index contributed by atoms with van der Waals surface area (Å²) in [6.45, 7) is 5.28. The summed E-state index contributed by atoms with van der Waals surface area (Å²) in [5.74, 6) is -0.107. The summed E-state index contributed by atoms with van der Waals surface area (Å²) in [7, 11) is -3.43. The quantitative estimate of drug-likeness (QED) is 0.560. The summed E-state index contributed by atoms with van der Waals surface area (Å²) in [5.41, 5.74) is 7.04. The zero-order valence-corrected chi connectivity index (χ0v) is 15.5. The minimum absolute atomic E-state index is 0.0272. The Kier molecular flexibility index (Phi) is 6.33. The summed E-state index contributed by atoms with van der Waals surface area (Å²) in [4.78, 5) is 2.35. The van der Waals surface area contributed by atoms with Crippen molar-refractivity contribution in [1.82, 2.24) is 4.90 Å². The Balaban J connectivity index is 2.11. The van der Waals surface area contributed by atoms with Gasteiger partial charge in [-0.15, -0.1) is 0 Å². The molecular formula is C19H25N3O2S. The van der Waals surface area contributed by atoms with Gasteiger partial charge in [0.1, 0.15) is 5.84 Å². The predicted octanol–water partition coefficient (Wildman–Crippen LogP) is 2.65. The minimum atomic E-state index is -3.43. The zero-order chi connectivity index (χ0) is 18.4. The molecule has 0 aliphatic carbocycles. The second kappa shape index (κ2) is 8.27. The van der Waals surface area contributed by atoms with E-state index >= 15 is 0 Å². The van der Waals surface area contributed by atoms with Gasteiger partial charge in [0.15, 0.2) is 9.84 Å². The minimum Gasteiger partial charge on any atom is -0.384 e. The van der Waals surface area contributed by atoms with E-state index in [1.54, 1.807) is 18.2 Å². The van der Waals surface area contributed by atoms with E-state index in [1.807, 2.05) is 30.3 Å². The van der Waals surface area contributed by atoms with E-state index in [9.17, 15) is 8.42 Å². The number of nitrogens with zero attached hydrogens (tertiary/aromatic N) is 1. The van der Waals surface area contributed by atoms with Crippen LogP contribution in [0, 0.1) is 5.41 Å². The molecule has 0 amide bonds. The molecule has 0 bridgehead atoms. The lowest BCUT2D eigenvalue weighted by Crippen LogP contribution is -2.34. The molecule has 6 heteroatoms. The van der Waals surface area contributed by atoms with Crippen molar-refractivity contribution in [2.45, 2.75) is 31.3 Å². The van der Waals surface area contributed by atoms with Crippen LogP contribution in [0.2, 0.25) is 0 Å². The van der Waals surface area contributed by atoms with Crippen molar-refractivity contribution in [3.63, 3.8) is 0 Å². The number of nitrogens with one attached hydrogen (secondary N) is 1. The molecular weight excluding hydrogens is 334 g/mol. The summed E-state index contributed by atoms with van der Waals surface area (Å²) in [6.07, 6.45) is 0. The molecule has 3 N–H and O–H groups in total. The molecule has 134 valence electrons. The van der Waals surface area contributed by atoms with Gasteiger partial charge in [-0.05, 0) is 31.5 Å². The number of amidine groups is 1. The zero-order valence-electron chi connectivity index (χ0n) is 14.6. The Morgan fingerprint density at radius 2 is 1.80 bits per heavy atom. The molecule has 0 atom stereocenters. The molecule has 0 radical (unpaired) electrons. The number of hydrogen-bond acceptors (Lipinski definition) is 4. The van der Waals surface area contributed by atoms with E-state index in [1.165, 1.54) is 6.07 Å². The van der Waals surface area contributed by atoms with Crippen molar-refractivity contribution in [3.05, 3.63) is 65.7 Å². The highest BCUT2D eigenvalue weighted by atomic mass is 32.2. The number of benzene rings is 2. The fraction of sp³-hybridized carbons (Fsp3) is 0.316. The lowest BCUT2D eigenvalue weighted by Gasteiger charge is -2.26. The van der Waals surface area contributed by atoms with Crippen LogP contribution in [0.15, 0.2) is 59.5 Å². The first-order valence-electron chi connectivity index (χ1n) is 8.25. The highest BCUT2D eigenvalue weighted by Gasteiger charge is 2.19. The lowest BCUT2D eigenvalue weighted by atomic mass is 10.2. The molecule has 2 rings (SSSR count). The van der Waals surface area contributed by atoms with Gasteiger partial charge in [0.25, 0.3) is 0 Å². The highest BCUT2D eigenvalue weighted by Crippen LogP contribution is 2.15. The van der Waals surface area contributed by atoms with Crippen molar-refractivity contribution in [1.29, 1.82) is 5.41 Å². The highest BCUT2D eigenvalue weighted by molar-refractivity contribution is 7.91. The van der Waals surface area contributed by atoms with Gasteiger partial charge >= 0.3 is 0 Å². The van der Waals surface area contributed by atoms with Gasteiger partial charge in [-0.2, -0.15) is 0 Å². The van der Waals surface area contributed by atoms with Gasteiger partial charge in [0.05, 0.1) is 10.6 Å². The third kappa shape index (κ3) is 5.41. The molecule has 0 saturated heterocycles. The lowest BCUT2D eigenvalue weighted by molar-refractivity contribution is 0.226. The van der Waals surface area contributed by atoms with Gasteiger partial charge in [-0.1, -0.05) is 42.5 Å². The smallest absolute Gasteiger partial charge is 0.179 e. The first-order chi connectivity index (χ1) is 11.8. The van der Waals surface area contributed by atoms with Crippen LogP contribution in [0.4, 0.5) is 0 Å². The van der Waals surface area contributed by atoms with Crippen LogP contribution in [-0.4, -0.2) is 37.5 Å². The fourth-order valence-electron chi connectivity index (χ4n) is 2.55. The molecule has 2 aromatic rings. The van der Waals surface area contributed by atoms with Crippen LogP contribution < -0.4 is 5.73 Å². The molecule has 2 aromatic carbocycles. The number of sulfone groups is 1. The Bertz CT molecular complexity index is 818. The fourth-order valence-corrected chi connectivity index (χ4v) is 3.85. The van der Waals surface area contributed by atoms with E-state index in [-0.39, 0.29) is 22.5 Å².